The van der Waals surface area contributed by atoms with Gasteiger partial charge < -0.3 is 5.73 Å². The Morgan fingerprint density at radius 1 is 1.26 bits per heavy atom. The van der Waals surface area contributed by atoms with Gasteiger partial charge in [0.15, 0.2) is 0 Å². The largest absolute Gasteiger partial charge is 0.399 e. The maximum absolute atomic E-state index is 12.0. The maximum Gasteiger partial charge on any atom is 0.240 e. The van der Waals surface area contributed by atoms with Crippen molar-refractivity contribution in [2.75, 3.05) is 5.73 Å². The minimum Gasteiger partial charge on any atom is -0.399 e. The van der Waals surface area contributed by atoms with Gasteiger partial charge in [0.2, 0.25) is 10.0 Å². The lowest BCUT2D eigenvalue weighted by Gasteiger charge is -2.06. The van der Waals surface area contributed by atoms with Crippen molar-refractivity contribution in [3.63, 3.8) is 0 Å². The molecule has 0 aliphatic rings. The Labute approximate surface area is 111 Å². The minimum atomic E-state index is -3.59. The topological polar surface area (TPSA) is 98.0 Å². The molecule has 1 heterocycles. The molecule has 1 aromatic heterocycles. The molecule has 0 amide bonds. The van der Waals surface area contributed by atoms with Crippen molar-refractivity contribution in [2.45, 2.75) is 18.4 Å². The fourth-order valence-corrected chi connectivity index (χ4v) is 2.50. The molecule has 1 aromatic carbocycles. The quantitative estimate of drug-likeness (QED) is 0.808. The Morgan fingerprint density at radius 3 is 2.68 bits per heavy atom. The summed E-state index contributed by atoms with van der Waals surface area (Å²) in [7, 11) is -3.59. The van der Waals surface area contributed by atoms with Crippen molar-refractivity contribution < 1.29 is 8.42 Å². The smallest absolute Gasteiger partial charge is 0.240 e. The first kappa shape index (κ1) is 13.4. The molecular formula is C12H14N4O2S. The van der Waals surface area contributed by atoms with Crippen LogP contribution in [0.4, 0.5) is 5.69 Å². The third kappa shape index (κ3) is 3.49. The van der Waals surface area contributed by atoms with E-state index < -0.39 is 10.0 Å². The van der Waals surface area contributed by atoms with E-state index in [1.165, 1.54) is 18.3 Å². The highest BCUT2D eigenvalue weighted by molar-refractivity contribution is 7.89. The summed E-state index contributed by atoms with van der Waals surface area (Å²) in [5.74, 6) is 0. The van der Waals surface area contributed by atoms with Gasteiger partial charge in [-0.3, -0.25) is 9.97 Å². The van der Waals surface area contributed by atoms with E-state index in [9.17, 15) is 8.42 Å². The van der Waals surface area contributed by atoms with Gasteiger partial charge in [0.25, 0.3) is 0 Å². The molecule has 0 radical (unpaired) electrons. The second-order valence-corrected chi connectivity index (χ2v) is 5.81. The van der Waals surface area contributed by atoms with Gasteiger partial charge in [-0.25, -0.2) is 13.1 Å². The van der Waals surface area contributed by atoms with Crippen LogP contribution in [0.5, 0.6) is 0 Å². The number of rotatable bonds is 4. The Bertz CT molecular complexity index is 668. The highest BCUT2D eigenvalue weighted by Gasteiger charge is 2.13. The number of benzene rings is 1. The molecule has 0 unspecified atom stereocenters. The summed E-state index contributed by atoms with van der Waals surface area (Å²) in [5.41, 5.74) is 7.30. The standard InChI is InChI=1S/C12H14N4O2S/c1-9-6-15-11(7-14-9)8-16-19(17,18)12-4-2-3-10(13)5-12/h2-7,16H,8,13H2,1H3. The summed E-state index contributed by atoms with van der Waals surface area (Å²) in [6.45, 7) is 1.90. The van der Waals surface area contributed by atoms with Crippen LogP contribution in [0.25, 0.3) is 0 Å². The number of nitrogens with one attached hydrogen (secondary N) is 1. The third-order valence-electron chi connectivity index (χ3n) is 2.45. The number of hydrogen-bond acceptors (Lipinski definition) is 5. The van der Waals surface area contributed by atoms with Gasteiger partial charge in [-0.05, 0) is 25.1 Å². The molecule has 0 saturated heterocycles. The number of hydrogen-bond donors (Lipinski definition) is 2. The lowest BCUT2D eigenvalue weighted by atomic mass is 10.3. The molecule has 0 fully saturated rings. The number of nitrogen functional groups attached to an aromatic ring is 1. The number of nitrogens with zero attached hydrogens (tertiary/aromatic N) is 2. The third-order valence-corrected chi connectivity index (χ3v) is 3.85. The van der Waals surface area contributed by atoms with E-state index in [2.05, 4.69) is 14.7 Å². The summed E-state index contributed by atoms with van der Waals surface area (Å²) < 4.78 is 26.5. The van der Waals surface area contributed by atoms with Crippen LogP contribution in [0, 0.1) is 6.92 Å². The fourth-order valence-electron chi connectivity index (χ4n) is 1.44. The van der Waals surface area contributed by atoms with Crippen LogP contribution in [0.15, 0.2) is 41.6 Å². The van der Waals surface area contributed by atoms with E-state index in [1.807, 2.05) is 6.92 Å². The fraction of sp³-hybridized carbons (Fsp3) is 0.167. The average molecular weight is 278 g/mol. The lowest BCUT2D eigenvalue weighted by molar-refractivity contribution is 0.580. The molecule has 2 rings (SSSR count). The van der Waals surface area contributed by atoms with Crippen LogP contribution in [0.2, 0.25) is 0 Å². The predicted molar refractivity (Wildman–Crippen MR) is 71.6 cm³/mol. The first-order chi connectivity index (χ1) is 8.97. The Morgan fingerprint density at radius 2 is 2.05 bits per heavy atom. The predicted octanol–water partition coefficient (Wildman–Crippen LogP) is 0.846. The number of sulfonamides is 1. The first-order valence-corrected chi connectivity index (χ1v) is 7.08. The van der Waals surface area contributed by atoms with Crippen LogP contribution in [-0.2, 0) is 16.6 Å². The zero-order valence-electron chi connectivity index (χ0n) is 10.4. The van der Waals surface area contributed by atoms with E-state index in [0.717, 1.165) is 5.69 Å². The van der Waals surface area contributed by atoms with Crippen LogP contribution >= 0.6 is 0 Å². The summed E-state index contributed by atoms with van der Waals surface area (Å²) in [5, 5.41) is 0. The second kappa shape index (κ2) is 5.33. The van der Waals surface area contributed by atoms with E-state index in [0.29, 0.717) is 11.4 Å². The van der Waals surface area contributed by atoms with E-state index in [1.54, 1.807) is 18.3 Å². The summed E-state index contributed by atoms with van der Waals surface area (Å²) in [4.78, 5) is 8.26. The van der Waals surface area contributed by atoms with Crippen molar-refractivity contribution >= 4 is 15.7 Å². The van der Waals surface area contributed by atoms with Crippen LogP contribution in [0.3, 0.4) is 0 Å². The number of aromatic nitrogens is 2. The van der Waals surface area contributed by atoms with Crippen molar-refractivity contribution in [2.24, 2.45) is 0 Å². The first-order valence-electron chi connectivity index (χ1n) is 5.60. The highest BCUT2D eigenvalue weighted by Crippen LogP contribution is 2.12. The average Bonchev–Trinajstić information content (AvgIpc) is 2.38. The van der Waals surface area contributed by atoms with Gasteiger partial charge in [0.05, 0.1) is 29.0 Å². The molecule has 19 heavy (non-hydrogen) atoms. The molecule has 100 valence electrons. The molecule has 6 nitrogen and oxygen atoms in total. The molecular weight excluding hydrogens is 264 g/mol. The monoisotopic (exact) mass is 278 g/mol. The SMILES string of the molecule is Cc1cnc(CNS(=O)(=O)c2cccc(N)c2)cn1. The molecule has 0 spiro atoms. The van der Waals surface area contributed by atoms with Crippen LogP contribution in [-0.4, -0.2) is 18.4 Å². The van der Waals surface area contributed by atoms with Gasteiger partial charge in [-0.1, -0.05) is 6.07 Å². The summed E-state index contributed by atoms with van der Waals surface area (Å²) >= 11 is 0. The molecule has 0 atom stereocenters. The van der Waals surface area contributed by atoms with Crippen LogP contribution in [0.1, 0.15) is 11.4 Å². The summed E-state index contributed by atoms with van der Waals surface area (Å²) in [6.07, 6.45) is 3.13. The normalized spacial score (nSPS) is 11.4. The van der Waals surface area contributed by atoms with Crippen molar-refractivity contribution in [3.05, 3.63) is 48.0 Å². The second-order valence-electron chi connectivity index (χ2n) is 4.05. The molecule has 2 aromatic rings. The zero-order valence-corrected chi connectivity index (χ0v) is 11.2. The van der Waals surface area contributed by atoms with Crippen molar-refractivity contribution in [3.8, 4) is 0 Å². The van der Waals surface area contributed by atoms with Gasteiger partial charge in [0, 0.05) is 11.9 Å². The molecule has 0 aliphatic carbocycles. The number of anilines is 1. The van der Waals surface area contributed by atoms with Gasteiger partial charge in [0.1, 0.15) is 0 Å². The molecule has 0 saturated carbocycles. The van der Waals surface area contributed by atoms with E-state index >= 15 is 0 Å². The van der Waals surface area contributed by atoms with Gasteiger partial charge in [-0.2, -0.15) is 0 Å². The summed E-state index contributed by atoms with van der Waals surface area (Å²) in [6, 6.07) is 6.11. The minimum absolute atomic E-state index is 0.0877. The van der Waals surface area contributed by atoms with Crippen LogP contribution < -0.4 is 10.5 Å². The Hall–Kier alpha value is -1.99. The van der Waals surface area contributed by atoms with Crippen molar-refractivity contribution in [1.82, 2.24) is 14.7 Å². The maximum atomic E-state index is 12.0. The Balaban J connectivity index is 2.12. The molecule has 0 aliphatic heterocycles. The molecule has 0 bridgehead atoms. The highest BCUT2D eigenvalue weighted by atomic mass is 32.2. The van der Waals surface area contributed by atoms with Gasteiger partial charge >= 0.3 is 0 Å². The zero-order chi connectivity index (χ0) is 13.9. The lowest BCUT2D eigenvalue weighted by Crippen LogP contribution is -2.23. The van der Waals surface area contributed by atoms with Gasteiger partial charge in [-0.15, -0.1) is 0 Å². The molecule has 7 heteroatoms. The Kier molecular flexibility index (Phi) is 3.77. The molecule has 3 N–H and O–H groups in total. The van der Waals surface area contributed by atoms with Crippen molar-refractivity contribution in [1.29, 1.82) is 0 Å². The number of aryl methyl sites for hydroxylation is 1. The number of nitrogens with two attached hydrogens (primary N) is 1. The van der Waals surface area contributed by atoms with E-state index in [4.69, 9.17) is 5.73 Å². The van der Waals surface area contributed by atoms with E-state index in [-0.39, 0.29) is 11.4 Å².